The van der Waals surface area contributed by atoms with Crippen LogP contribution in [-0.4, -0.2) is 24.7 Å². The van der Waals surface area contributed by atoms with Gasteiger partial charge in [-0.25, -0.2) is 0 Å². The summed E-state index contributed by atoms with van der Waals surface area (Å²) in [5, 5.41) is 5.40. The molecule has 1 unspecified atom stereocenters. The van der Waals surface area contributed by atoms with Crippen LogP contribution in [0.15, 0.2) is 30.5 Å². The lowest BCUT2D eigenvalue weighted by Gasteiger charge is -2.21. The molecule has 2 aromatic carbocycles. The maximum atomic E-state index is 6.34. The van der Waals surface area contributed by atoms with E-state index in [4.69, 9.17) is 50.0 Å². The van der Waals surface area contributed by atoms with Gasteiger partial charge in [0.15, 0.2) is 11.5 Å². The smallest absolute Gasteiger partial charge is 0.179 e. The van der Waals surface area contributed by atoms with Crippen LogP contribution in [0.1, 0.15) is 25.3 Å². The molecule has 8 heteroatoms. The molecule has 5 nitrogen and oxygen atoms in total. The number of benzene rings is 2. The van der Waals surface area contributed by atoms with Crippen molar-refractivity contribution >= 4 is 51.4 Å². The number of halogens is 3. The summed E-state index contributed by atoms with van der Waals surface area (Å²) in [6.07, 6.45) is 3.66. The van der Waals surface area contributed by atoms with Crippen molar-refractivity contribution in [2.45, 2.75) is 32.7 Å². The second-order valence-electron chi connectivity index (χ2n) is 7.08. The molecule has 0 aliphatic heterocycles. The van der Waals surface area contributed by atoms with E-state index in [1.54, 1.807) is 25.4 Å². The van der Waals surface area contributed by atoms with E-state index in [-0.39, 0.29) is 6.04 Å². The standard InChI is InChI=1S/C22H24Cl3N3O2/c1-12-6-8-27-21-17(28-13(2)5-4-7-26)11-19(29-3)22(20(12)21)30-18-10-15(24)14(23)9-16(18)25/h6,8-11,13,28H,4-5,7,26H2,1-3H3. The molecule has 3 rings (SSSR count). The van der Waals surface area contributed by atoms with E-state index in [9.17, 15) is 0 Å². The zero-order valence-corrected chi connectivity index (χ0v) is 19.3. The molecule has 1 aromatic heterocycles. The lowest BCUT2D eigenvalue weighted by atomic mass is 10.1. The Labute approximate surface area is 191 Å². The van der Waals surface area contributed by atoms with Crippen LogP contribution >= 0.6 is 34.8 Å². The predicted octanol–water partition coefficient (Wildman–Crippen LogP) is 6.84. The highest BCUT2D eigenvalue weighted by Gasteiger charge is 2.20. The molecular weight excluding hydrogens is 445 g/mol. The third kappa shape index (κ3) is 4.86. The molecule has 0 spiro atoms. The van der Waals surface area contributed by atoms with Gasteiger partial charge in [0.2, 0.25) is 0 Å². The first-order valence-electron chi connectivity index (χ1n) is 9.61. The molecule has 1 heterocycles. The Balaban J connectivity index is 2.13. The molecule has 160 valence electrons. The third-order valence-corrected chi connectivity index (χ3v) is 5.81. The molecule has 0 bridgehead atoms. The van der Waals surface area contributed by atoms with Crippen LogP contribution in [0.25, 0.3) is 10.9 Å². The van der Waals surface area contributed by atoms with Gasteiger partial charge in [-0.05, 0) is 50.9 Å². The Morgan fingerprint density at radius 1 is 1.10 bits per heavy atom. The molecule has 0 fully saturated rings. The number of nitrogens with zero attached hydrogens (tertiary/aromatic N) is 1. The Morgan fingerprint density at radius 2 is 1.83 bits per heavy atom. The Bertz CT molecular complexity index is 1060. The van der Waals surface area contributed by atoms with Crippen LogP contribution < -0.4 is 20.5 Å². The van der Waals surface area contributed by atoms with Crippen LogP contribution in [-0.2, 0) is 0 Å². The number of nitrogens with two attached hydrogens (primary N) is 1. The van der Waals surface area contributed by atoms with E-state index in [1.165, 1.54) is 0 Å². The summed E-state index contributed by atoms with van der Waals surface area (Å²) in [5.74, 6) is 1.44. The van der Waals surface area contributed by atoms with E-state index in [1.807, 2.05) is 19.1 Å². The van der Waals surface area contributed by atoms with Crippen molar-refractivity contribution in [1.29, 1.82) is 0 Å². The van der Waals surface area contributed by atoms with E-state index in [2.05, 4.69) is 17.2 Å². The Morgan fingerprint density at radius 3 is 2.53 bits per heavy atom. The minimum absolute atomic E-state index is 0.222. The summed E-state index contributed by atoms with van der Waals surface area (Å²) < 4.78 is 11.9. The first kappa shape index (κ1) is 22.8. The lowest BCUT2D eigenvalue weighted by Crippen LogP contribution is -2.17. The van der Waals surface area contributed by atoms with Crippen molar-refractivity contribution in [3.05, 3.63) is 51.1 Å². The normalized spacial score (nSPS) is 12.1. The zero-order chi connectivity index (χ0) is 21.8. The van der Waals surface area contributed by atoms with E-state index >= 15 is 0 Å². The number of pyridine rings is 1. The number of aryl methyl sites for hydroxylation is 1. The van der Waals surface area contributed by atoms with Crippen LogP contribution in [0.3, 0.4) is 0 Å². The highest BCUT2D eigenvalue weighted by Crippen LogP contribution is 2.45. The summed E-state index contributed by atoms with van der Waals surface area (Å²) in [6, 6.07) is 7.17. The number of fused-ring (bicyclic) bond motifs is 1. The van der Waals surface area contributed by atoms with Gasteiger partial charge < -0.3 is 20.5 Å². The second kappa shape index (κ2) is 9.92. The summed E-state index contributed by atoms with van der Waals surface area (Å²) in [6.45, 7) is 4.77. The summed E-state index contributed by atoms with van der Waals surface area (Å²) in [4.78, 5) is 4.60. The monoisotopic (exact) mass is 467 g/mol. The fraction of sp³-hybridized carbons (Fsp3) is 0.318. The fourth-order valence-corrected chi connectivity index (χ4v) is 3.83. The van der Waals surface area contributed by atoms with Gasteiger partial charge in [-0.3, -0.25) is 4.98 Å². The Kier molecular flexibility index (Phi) is 7.53. The molecule has 0 amide bonds. The predicted molar refractivity (Wildman–Crippen MR) is 126 cm³/mol. The number of methoxy groups -OCH3 is 1. The lowest BCUT2D eigenvalue weighted by molar-refractivity contribution is 0.381. The van der Waals surface area contributed by atoms with Gasteiger partial charge in [0, 0.05) is 24.4 Å². The van der Waals surface area contributed by atoms with Crippen LogP contribution in [0.2, 0.25) is 15.1 Å². The van der Waals surface area contributed by atoms with E-state index in [0.29, 0.717) is 38.9 Å². The molecule has 3 N–H and O–H groups in total. The SMILES string of the molecule is COc1cc(NC(C)CCCN)c2nccc(C)c2c1Oc1cc(Cl)c(Cl)cc1Cl. The molecule has 1 atom stereocenters. The van der Waals surface area contributed by atoms with Crippen molar-refractivity contribution in [2.24, 2.45) is 5.73 Å². The van der Waals surface area contributed by atoms with Gasteiger partial charge in [-0.15, -0.1) is 0 Å². The van der Waals surface area contributed by atoms with Crippen molar-refractivity contribution in [2.75, 3.05) is 19.0 Å². The van der Waals surface area contributed by atoms with Crippen molar-refractivity contribution < 1.29 is 9.47 Å². The average Bonchev–Trinajstić information content (AvgIpc) is 2.71. The number of hydrogen-bond acceptors (Lipinski definition) is 5. The van der Waals surface area contributed by atoms with E-state index in [0.717, 1.165) is 35.0 Å². The first-order valence-corrected chi connectivity index (χ1v) is 10.7. The number of hydrogen-bond donors (Lipinski definition) is 2. The molecule has 0 radical (unpaired) electrons. The van der Waals surface area contributed by atoms with Crippen molar-refractivity contribution in [1.82, 2.24) is 4.98 Å². The minimum Gasteiger partial charge on any atom is -0.493 e. The molecule has 0 saturated heterocycles. The van der Waals surface area contributed by atoms with Crippen molar-refractivity contribution in [3.8, 4) is 17.2 Å². The van der Waals surface area contributed by atoms with Gasteiger partial charge >= 0.3 is 0 Å². The fourth-order valence-electron chi connectivity index (χ4n) is 3.25. The van der Waals surface area contributed by atoms with Gasteiger partial charge in [-0.2, -0.15) is 0 Å². The molecular formula is C22H24Cl3N3O2. The second-order valence-corrected chi connectivity index (χ2v) is 8.30. The van der Waals surface area contributed by atoms with Gasteiger partial charge in [-0.1, -0.05) is 34.8 Å². The largest absolute Gasteiger partial charge is 0.493 e. The summed E-state index contributed by atoms with van der Waals surface area (Å²) in [5.41, 5.74) is 8.28. The van der Waals surface area contributed by atoms with Gasteiger partial charge in [0.1, 0.15) is 5.75 Å². The average molecular weight is 469 g/mol. The summed E-state index contributed by atoms with van der Waals surface area (Å²) >= 11 is 18.6. The molecule has 0 saturated carbocycles. The molecule has 3 aromatic rings. The van der Waals surface area contributed by atoms with Crippen LogP contribution in [0.5, 0.6) is 17.2 Å². The van der Waals surface area contributed by atoms with Gasteiger partial charge in [0.05, 0.1) is 38.8 Å². The minimum atomic E-state index is 0.222. The number of aromatic nitrogens is 1. The van der Waals surface area contributed by atoms with Crippen molar-refractivity contribution in [3.63, 3.8) is 0 Å². The van der Waals surface area contributed by atoms with E-state index < -0.39 is 0 Å². The number of ether oxygens (including phenoxy) is 2. The maximum Gasteiger partial charge on any atom is 0.179 e. The topological polar surface area (TPSA) is 69.4 Å². The highest BCUT2D eigenvalue weighted by atomic mass is 35.5. The first-order chi connectivity index (χ1) is 14.3. The molecule has 0 aliphatic carbocycles. The Hall–Kier alpha value is -1.92. The zero-order valence-electron chi connectivity index (χ0n) is 17.1. The van der Waals surface area contributed by atoms with Gasteiger partial charge in [0.25, 0.3) is 0 Å². The molecule has 0 aliphatic rings. The number of rotatable bonds is 8. The number of anilines is 1. The van der Waals surface area contributed by atoms with Crippen LogP contribution in [0, 0.1) is 6.92 Å². The summed E-state index contributed by atoms with van der Waals surface area (Å²) in [7, 11) is 1.60. The molecule has 30 heavy (non-hydrogen) atoms. The third-order valence-electron chi connectivity index (χ3n) is 4.79. The van der Waals surface area contributed by atoms with Crippen LogP contribution in [0.4, 0.5) is 5.69 Å². The number of nitrogens with one attached hydrogen (secondary N) is 1. The highest BCUT2D eigenvalue weighted by molar-refractivity contribution is 6.43. The quantitative estimate of drug-likeness (QED) is 0.354. The maximum absolute atomic E-state index is 6.34.